The van der Waals surface area contributed by atoms with Gasteiger partial charge in [-0.25, -0.2) is 0 Å². The molecule has 2 nitrogen and oxygen atoms in total. The predicted octanol–water partition coefficient (Wildman–Crippen LogP) is 3.91. The summed E-state index contributed by atoms with van der Waals surface area (Å²) in [4.78, 5) is 0. The van der Waals surface area contributed by atoms with Crippen LogP contribution in [-0.4, -0.2) is 10.2 Å². The fraction of sp³-hybridized carbons (Fsp3) is 0.625. The van der Waals surface area contributed by atoms with Gasteiger partial charge in [0.25, 0.3) is 0 Å². The van der Waals surface area contributed by atoms with E-state index in [0.717, 1.165) is 11.1 Å². The van der Waals surface area contributed by atoms with Gasteiger partial charge in [0.1, 0.15) is 11.5 Å². The zero-order valence-corrected chi connectivity index (χ0v) is 11.4. The van der Waals surface area contributed by atoms with Gasteiger partial charge in [-0.3, -0.25) is 0 Å². The van der Waals surface area contributed by atoms with E-state index < -0.39 is 0 Å². The van der Waals surface area contributed by atoms with Gasteiger partial charge < -0.3 is 10.2 Å². The maximum atomic E-state index is 10.2. The largest absolute Gasteiger partial charge is 0.508 e. The topological polar surface area (TPSA) is 40.5 Å². The monoisotopic (exact) mass is 246 g/mol. The summed E-state index contributed by atoms with van der Waals surface area (Å²) in [5.74, 6) is 2.24. The standard InChI is InChI=1S/C16H22O2/c1-9-4-5-10-6-12(9)15-13(16(10,2)3)7-11(17)8-14(15)18/h7-10,12,17-18H,4-6H2,1-3H3/t9-,10-,12-/m1/s1. The average molecular weight is 246 g/mol. The van der Waals surface area contributed by atoms with Crippen LogP contribution in [0.15, 0.2) is 12.1 Å². The first-order chi connectivity index (χ1) is 8.41. The molecule has 1 saturated carbocycles. The van der Waals surface area contributed by atoms with E-state index in [1.54, 1.807) is 0 Å². The molecule has 2 bridgehead atoms. The summed E-state index contributed by atoms with van der Waals surface area (Å²) >= 11 is 0. The van der Waals surface area contributed by atoms with Crippen LogP contribution >= 0.6 is 0 Å². The molecule has 98 valence electrons. The maximum absolute atomic E-state index is 10.2. The lowest BCUT2D eigenvalue weighted by Crippen LogP contribution is -2.40. The summed E-state index contributed by atoms with van der Waals surface area (Å²) in [6, 6.07) is 3.36. The summed E-state index contributed by atoms with van der Waals surface area (Å²) < 4.78 is 0. The van der Waals surface area contributed by atoms with Crippen LogP contribution in [0.5, 0.6) is 11.5 Å². The van der Waals surface area contributed by atoms with Crippen LogP contribution in [0, 0.1) is 11.8 Å². The summed E-state index contributed by atoms with van der Waals surface area (Å²) in [6.45, 7) is 6.79. The summed E-state index contributed by atoms with van der Waals surface area (Å²) in [6.07, 6.45) is 3.69. The van der Waals surface area contributed by atoms with Crippen molar-refractivity contribution in [3.8, 4) is 11.5 Å². The van der Waals surface area contributed by atoms with Crippen LogP contribution in [0.2, 0.25) is 0 Å². The fourth-order valence-corrected chi connectivity index (χ4v) is 4.15. The molecule has 0 unspecified atom stereocenters. The van der Waals surface area contributed by atoms with Crippen LogP contribution in [0.3, 0.4) is 0 Å². The van der Waals surface area contributed by atoms with E-state index in [0.29, 0.717) is 17.8 Å². The highest BCUT2D eigenvalue weighted by Crippen LogP contribution is 2.57. The van der Waals surface area contributed by atoms with E-state index in [2.05, 4.69) is 20.8 Å². The van der Waals surface area contributed by atoms with Crippen LogP contribution in [0.25, 0.3) is 0 Å². The third-order valence-corrected chi connectivity index (χ3v) is 5.42. The van der Waals surface area contributed by atoms with E-state index in [4.69, 9.17) is 0 Å². The molecule has 2 aliphatic rings. The van der Waals surface area contributed by atoms with Crippen molar-refractivity contribution in [1.82, 2.24) is 0 Å². The first-order valence-corrected chi connectivity index (χ1v) is 6.97. The van der Waals surface area contributed by atoms with E-state index in [9.17, 15) is 10.2 Å². The first-order valence-electron chi connectivity index (χ1n) is 6.97. The SMILES string of the molecule is C[C@@H]1CC[C@@H]2C[C@H]1c1c(O)cc(O)cc1C2(C)C. The summed E-state index contributed by atoms with van der Waals surface area (Å²) in [5.41, 5.74) is 2.32. The molecule has 0 heterocycles. The Morgan fingerprint density at radius 3 is 2.61 bits per heavy atom. The molecule has 0 saturated heterocycles. The average Bonchev–Trinajstić information content (AvgIpc) is 2.28. The molecule has 0 amide bonds. The van der Waals surface area contributed by atoms with Gasteiger partial charge in [-0.1, -0.05) is 20.8 Å². The normalized spacial score (nSPS) is 32.9. The maximum Gasteiger partial charge on any atom is 0.123 e. The second-order valence-electron chi connectivity index (χ2n) is 6.74. The highest BCUT2D eigenvalue weighted by molar-refractivity contribution is 5.52. The van der Waals surface area contributed by atoms with Gasteiger partial charge in [-0.05, 0) is 54.1 Å². The van der Waals surface area contributed by atoms with Gasteiger partial charge in [0.05, 0.1) is 0 Å². The Bertz CT molecular complexity index is 490. The molecule has 2 heteroatoms. The minimum atomic E-state index is 0.0577. The van der Waals surface area contributed by atoms with Gasteiger partial charge in [0.15, 0.2) is 0 Å². The van der Waals surface area contributed by atoms with Crippen LogP contribution in [0.1, 0.15) is 57.1 Å². The highest BCUT2D eigenvalue weighted by atomic mass is 16.3. The number of hydrogen-bond donors (Lipinski definition) is 2. The Kier molecular flexibility index (Phi) is 2.42. The second kappa shape index (κ2) is 3.66. The van der Waals surface area contributed by atoms with Gasteiger partial charge in [0, 0.05) is 11.6 Å². The van der Waals surface area contributed by atoms with Crippen molar-refractivity contribution in [2.75, 3.05) is 0 Å². The molecular formula is C16H22O2. The second-order valence-corrected chi connectivity index (χ2v) is 6.74. The van der Waals surface area contributed by atoms with Gasteiger partial charge in [-0.2, -0.15) is 0 Å². The highest BCUT2D eigenvalue weighted by Gasteiger charge is 2.46. The molecule has 1 aromatic carbocycles. The van der Waals surface area contributed by atoms with Crippen molar-refractivity contribution in [2.24, 2.45) is 11.8 Å². The quantitative estimate of drug-likeness (QED) is 0.728. The summed E-state index contributed by atoms with van der Waals surface area (Å²) in [7, 11) is 0. The Hall–Kier alpha value is -1.18. The van der Waals surface area contributed by atoms with E-state index in [1.807, 2.05) is 6.07 Å². The van der Waals surface area contributed by atoms with Crippen molar-refractivity contribution >= 4 is 0 Å². The van der Waals surface area contributed by atoms with Gasteiger partial charge >= 0.3 is 0 Å². The Balaban J connectivity index is 2.25. The van der Waals surface area contributed by atoms with Gasteiger partial charge in [0.2, 0.25) is 0 Å². The van der Waals surface area contributed by atoms with Gasteiger partial charge in [-0.15, -0.1) is 0 Å². The first kappa shape index (κ1) is 11.9. The van der Waals surface area contributed by atoms with E-state index >= 15 is 0 Å². The number of rotatable bonds is 0. The Morgan fingerprint density at radius 1 is 1.17 bits per heavy atom. The van der Waals surface area contributed by atoms with Crippen molar-refractivity contribution in [2.45, 2.75) is 51.4 Å². The number of fused-ring (bicyclic) bond motifs is 4. The number of benzene rings is 1. The molecule has 3 rings (SSSR count). The molecule has 2 aliphatic carbocycles. The third-order valence-electron chi connectivity index (χ3n) is 5.42. The molecular weight excluding hydrogens is 224 g/mol. The third kappa shape index (κ3) is 1.47. The predicted molar refractivity (Wildman–Crippen MR) is 72.0 cm³/mol. The molecule has 0 aromatic heterocycles. The van der Waals surface area contributed by atoms with Crippen LogP contribution in [-0.2, 0) is 5.41 Å². The number of aromatic hydroxyl groups is 2. The molecule has 3 atom stereocenters. The summed E-state index contributed by atoms with van der Waals surface area (Å²) in [5, 5.41) is 20.0. The smallest absolute Gasteiger partial charge is 0.123 e. The van der Waals surface area contributed by atoms with Crippen molar-refractivity contribution in [1.29, 1.82) is 0 Å². The lowest BCUT2D eigenvalue weighted by atomic mass is 9.55. The number of hydrogen-bond acceptors (Lipinski definition) is 2. The number of phenols is 2. The molecule has 0 spiro atoms. The minimum absolute atomic E-state index is 0.0577. The van der Waals surface area contributed by atoms with Crippen molar-refractivity contribution < 1.29 is 10.2 Å². The molecule has 1 fully saturated rings. The minimum Gasteiger partial charge on any atom is -0.508 e. The van der Waals surface area contributed by atoms with Crippen LogP contribution < -0.4 is 0 Å². The molecule has 18 heavy (non-hydrogen) atoms. The Labute approximate surface area is 109 Å². The van der Waals surface area contributed by atoms with E-state index in [1.165, 1.54) is 25.3 Å². The lowest BCUT2D eigenvalue weighted by Gasteiger charge is -2.49. The molecule has 0 aliphatic heterocycles. The molecule has 1 aromatic rings. The zero-order valence-electron chi connectivity index (χ0n) is 11.4. The van der Waals surface area contributed by atoms with Crippen LogP contribution in [0.4, 0.5) is 0 Å². The molecule has 2 N–H and O–H groups in total. The Morgan fingerprint density at radius 2 is 1.89 bits per heavy atom. The zero-order chi connectivity index (χ0) is 13.1. The lowest BCUT2D eigenvalue weighted by molar-refractivity contribution is 0.151. The van der Waals surface area contributed by atoms with E-state index in [-0.39, 0.29) is 16.9 Å². The number of phenolic OH excluding ortho intramolecular Hbond substituents is 2. The molecule has 0 radical (unpaired) electrons. The van der Waals surface area contributed by atoms with Crippen molar-refractivity contribution in [3.63, 3.8) is 0 Å². The fourth-order valence-electron chi connectivity index (χ4n) is 4.15. The van der Waals surface area contributed by atoms with Crippen molar-refractivity contribution in [3.05, 3.63) is 23.3 Å².